The highest BCUT2D eigenvalue weighted by molar-refractivity contribution is 4.99. The van der Waals surface area contributed by atoms with Gasteiger partial charge >= 0.3 is 0 Å². The molecule has 0 aliphatic carbocycles. The number of hydrogen-bond acceptors (Lipinski definition) is 1. The Balaban J connectivity index is 2.15. The van der Waals surface area contributed by atoms with E-state index in [4.69, 9.17) is 0 Å². The van der Waals surface area contributed by atoms with Crippen LogP contribution in [0.2, 0.25) is 0 Å². The molecule has 0 aromatic heterocycles. The number of fused-ring (bicyclic) bond motifs is 2. The van der Waals surface area contributed by atoms with Crippen LogP contribution in [0.1, 0.15) is 26.7 Å². The lowest BCUT2D eigenvalue weighted by atomic mass is 9.82. The van der Waals surface area contributed by atoms with E-state index in [1.54, 1.807) is 0 Å². The first-order chi connectivity index (χ1) is 4.29. The van der Waals surface area contributed by atoms with Crippen molar-refractivity contribution in [3.8, 4) is 0 Å². The zero-order chi connectivity index (χ0) is 6.43. The molecule has 2 aliphatic heterocycles. The Labute approximate surface area is 56.8 Å². The average molecular weight is 125 g/mol. The van der Waals surface area contributed by atoms with E-state index < -0.39 is 0 Å². The van der Waals surface area contributed by atoms with Gasteiger partial charge in [0.15, 0.2) is 0 Å². The molecule has 1 nitrogen and oxygen atoms in total. The maximum atomic E-state index is 3.63. The van der Waals surface area contributed by atoms with Crippen LogP contribution in [0.4, 0.5) is 0 Å². The number of hydrogen-bond donors (Lipinski definition) is 1. The van der Waals surface area contributed by atoms with Gasteiger partial charge in [-0.15, -0.1) is 0 Å². The molecule has 2 aliphatic rings. The molecule has 0 aromatic rings. The molecule has 2 saturated heterocycles. The molecule has 0 amide bonds. The fourth-order valence-corrected chi connectivity index (χ4v) is 2.36. The smallest absolute Gasteiger partial charge is 0.00991 e. The zero-order valence-electron chi connectivity index (χ0n) is 6.22. The quantitative estimate of drug-likeness (QED) is 0.516. The first-order valence-electron chi connectivity index (χ1n) is 4.05. The molecule has 0 unspecified atom stereocenters. The first kappa shape index (κ1) is 5.72. The van der Waals surface area contributed by atoms with Crippen molar-refractivity contribution in [2.24, 2.45) is 11.8 Å². The van der Waals surface area contributed by atoms with Gasteiger partial charge in [0.05, 0.1) is 0 Å². The van der Waals surface area contributed by atoms with Crippen molar-refractivity contribution in [2.75, 3.05) is 0 Å². The molecule has 2 rings (SSSR count). The normalized spacial score (nSPS) is 56.7. The lowest BCUT2D eigenvalue weighted by molar-refractivity contribution is 0.330. The minimum atomic E-state index is 0.866. The second-order valence-corrected chi connectivity index (χ2v) is 3.68. The molecule has 9 heavy (non-hydrogen) atoms. The van der Waals surface area contributed by atoms with E-state index in [0.29, 0.717) is 0 Å². The average Bonchev–Trinajstić information content (AvgIpc) is 2.37. The van der Waals surface area contributed by atoms with Crippen molar-refractivity contribution in [1.29, 1.82) is 0 Å². The van der Waals surface area contributed by atoms with Crippen molar-refractivity contribution in [1.82, 2.24) is 5.32 Å². The van der Waals surface area contributed by atoms with Crippen molar-refractivity contribution < 1.29 is 0 Å². The van der Waals surface area contributed by atoms with Crippen LogP contribution in [-0.4, -0.2) is 12.1 Å². The third-order valence-electron chi connectivity index (χ3n) is 3.32. The predicted molar refractivity (Wildman–Crippen MR) is 38.3 cm³/mol. The lowest BCUT2D eigenvalue weighted by Crippen LogP contribution is -2.21. The molecule has 0 aromatic carbocycles. The van der Waals surface area contributed by atoms with E-state index in [-0.39, 0.29) is 0 Å². The van der Waals surface area contributed by atoms with Gasteiger partial charge in [-0.1, -0.05) is 13.8 Å². The maximum absolute atomic E-state index is 3.63. The Bertz CT molecular complexity index is 104. The number of rotatable bonds is 0. The highest BCUT2D eigenvalue weighted by atomic mass is 15.0. The van der Waals surface area contributed by atoms with Crippen LogP contribution in [0.15, 0.2) is 0 Å². The molecular formula is C8H15N. The molecule has 0 radical (unpaired) electrons. The minimum Gasteiger partial charge on any atom is -0.311 e. The summed E-state index contributed by atoms with van der Waals surface area (Å²) in [4.78, 5) is 0. The maximum Gasteiger partial charge on any atom is 0.00991 e. The lowest BCUT2D eigenvalue weighted by Gasteiger charge is -2.21. The van der Waals surface area contributed by atoms with E-state index in [2.05, 4.69) is 19.2 Å². The van der Waals surface area contributed by atoms with Gasteiger partial charge in [-0.05, 0) is 24.7 Å². The van der Waals surface area contributed by atoms with Crippen molar-refractivity contribution in [2.45, 2.75) is 38.8 Å². The number of nitrogens with one attached hydrogen (secondary N) is 1. The third-order valence-corrected chi connectivity index (χ3v) is 3.32. The van der Waals surface area contributed by atoms with E-state index in [1.807, 2.05) is 0 Å². The summed E-state index contributed by atoms with van der Waals surface area (Å²) in [5, 5.41) is 3.63. The standard InChI is InChI=1S/C8H15N/c1-5-6(2)8-4-3-7(5)9-8/h5-9H,3-4H2,1-2H3/t5-,6+,7+,8-. The van der Waals surface area contributed by atoms with Gasteiger partial charge in [-0.3, -0.25) is 0 Å². The SMILES string of the molecule is C[C@@H]1[C@H](C)[C@H]2CC[C@@H]1N2. The Morgan fingerprint density at radius 1 is 1.00 bits per heavy atom. The Kier molecular flexibility index (Phi) is 1.10. The summed E-state index contributed by atoms with van der Waals surface area (Å²) in [7, 11) is 0. The van der Waals surface area contributed by atoms with Crippen molar-refractivity contribution in [3.63, 3.8) is 0 Å². The highest BCUT2D eigenvalue weighted by Gasteiger charge is 2.41. The molecule has 2 fully saturated rings. The van der Waals surface area contributed by atoms with Crippen LogP contribution in [0.3, 0.4) is 0 Å². The molecule has 1 N–H and O–H groups in total. The largest absolute Gasteiger partial charge is 0.311 e. The predicted octanol–water partition coefficient (Wildman–Crippen LogP) is 1.39. The molecule has 52 valence electrons. The van der Waals surface area contributed by atoms with Crippen LogP contribution >= 0.6 is 0 Å². The summed E-state index contributed by atoms with van der Waals surface area (Å²) in [6.45, 7) is 4.75. The Hall–Kier alpha value is -0.0400. The fraction of sp³-hybridized carbons (Fsp3) is 1.00. The van der Waals surface area contributed by atoms with Gasteiger partial charge < -0.3 is 5.32 Å². The molecule has 0 saturated carbocycles. The molecule has 1 heteroatoms. The van der Waals surface area contributed by atoms with Gasteiger partial charge in [-0.2, -0.15) is 0 Å². The fourth-order valence-electron chi connectivity index (χ4n) is 2.36. The van der Waals surface area contributed by atoms with Crippen LogP contribution in [0.5, 0.6) is 0 Å². The van der Waals surface area contributed by atoms with E-state index in [0.717, 1.165) is 23.9 Å². The van der Waals surface area contributed by atoms with Gasteiger partial charge in [0.25, 0.3) is 0 Å². The molecule has 0 spiro atoms. The summed E-state index contributed by atoms with van der Waals surface area (Å²) in [5.41, 5.74) is 0. The molecule has 2 heterocycles. The summed E-state index contributed by atoms with van der Waals surface area (Å²) in [5.74, 6) is 1.87. The van der Waals surface area contributed by atoms with Crippen molar-refractivity contribution in [3.05, 3.63) is 0 Å². The second-order valence-electron chi connectivity index (χ2n) is 3.68. The molecular weight excluding hydrogens is 110 g/mol. The van der Waals surface area contributed by atoms with E-state index >= 15 is 0 Å². The minimum absolute atomic E-state index is 0.866. The van der Waals surface area contributed by atoms with Crippen LogP contribution < -0.4 is 5.32 Å². The molecule has 2 bridgehead atoms. The van der Waals surface area contributed by atoms with Crippen LogP contribution in [0.25, 0.3) is 0 Å². The van der Waals surface area contributed by atoms with Gasteiger partial charge in [0.2, 0.25) is 0 Å². The van der Waals surface area contributed by atoms with Gasteiger partial charge in [-0.25, -0.2) is 0 Å². The van der Waals surface area contributed by atoms with Gasteiger partial charge in [0, 0.05) is 12.1 Å². The van der Waals surface area contributed by atoms with Crippen LogP contribution in [0, 0.1) is 11.8 Å². The monoisotopic (exact) mass is 125 g/mol. The van der Waals surface area contributed by atoms with E-state index in [9.17, 15) is 0 Å². The third kappa shape index (κ3) is 0.644. The summed E-state index contributed by atoms with van der Waals surface area (Å²) >= 11 is 0. The Morgan fingerprint density at radius 2 is 1.44 bits per heavy atom. The second kappa shape index (κ2) is 1.72. The Morgan fingerprint density at radius 3 is 1.67 bits per heavy atom. The highest BCUT2D eigenvalue weighted by Crippen LogP contribution is 2.37. The summed E-state index contributed by atoms with van der Waals surface area (Å²) in [6.07, 6.45) is 2.85. The molecule has 4 atom stereocenters. The topological polar surface area (TPSA) is 12.0 Å². The van der Waals surface area contributed by atoms with E-state index in [1.165, 1.54) is 12.8 Å². The summed E-state index contributed by atoms with van der Waals surface area (Å²) < 4.78 is 0. The van der Waals surface area contributed by atoms with Gasteiger partial charge in [0.1, 0.15) is 0 Å². The van der Waals surface area contributed by atoms with Crippen LogP contribution in [-0.2, 0) is 0 Å². The zero-order valence-corrected chi connectivity index (χ0v) is 6.22. The first-order valence-corrected chi connectivity index (χ1v) is 4.05. The summed E-state index contributed by atoms with van der Waals surface area (Å²) in [6, 6.07) is 1.73. The van der Waals surface area contributed by atoms with Crippen molar-refractivity contribution >= 4 is 0 Å².